The van der Waals surface area contributed by atoms with Gasteiger partial charge in [0.2, 0.25) is 0 Å². The molecule has 0 saturated carbocycles. The summed E-state index contributed by atoms with van der Waals surface area (Å²) in [6.45, 7) is 5.42. The van der Waals surface area contributed by atoms with Gasteiger partial charge in [0, 0.05) is 0 Å². The number of ketones is 1. The molecule has 0 spiro atoms. The molecule has 0 aromatic heterocycles. The largest absolute Gasteiger partial charge is 0.495 e. The molecular formula is C14H19BrO4. The third-order valence-electron chi connectivity index (χ3n) is 2.82. The van der Waals surface area contributed by atoms with Crippen molar-refractivity contribution in [3.8, 4) is 11.5 Å². The van der Waals surface area contributed by atoms with Gasteiger partial charge in [-0.2, -0.15) is 0 Å². The highest BCUT2D eigenvalue weighted by Crippen LogP contribution is 2.38. The number of hydrogen-bond donors (Lipinski definition) is 1. The zero-order chi connectivity index (χ0) is 14.8. The highest BCUT2D eigenvalue weighted by atomic mass is 79.9. The lowest BCUT2D eigenvalue weighted by molar-refractivity contribution is 0.0440. The number of halogens is 1. The van der Waals surface area contributed by atoms with E-state index < -0.39 is 11.5 Å². The number of carbonyl (C=O) groups is 1. The fraction of sp³-hybridized carbons (Fsp3) is 0.500. The fourth-order valence-electron chi connectivity index (χ4n) is 1.63. The van der Waals surface area contributed by atoms with Crippen molar-refractivity contribution in [3.63, 3.8) is 0 Å². The minimum Gasteiger partial charge on any atom is -0.495 e. The maximum Gasteiger partial charge on any atom is 0.195 e. The molecule has 0 aliphatic carbocycles. The summed E-state index contributed by atoms with van der Waals surface area (Å²) in [5, 5.41) is 10.1. The van der Waals surface area contributed by atoms with E-state index in [0.717, 1.165) is 0 Å². The van der Waals surface area contributed by atoms with E-state index in [-0.39, 0.29) is 5.78 Å². The third kappa shape index (κ3) is 3.28. The standard InChI is InChI=1S/C14H19BrO4/c1-14(2,3)13(17)11(16)8-6-7-9(18-4)10(15)12(8)19-5/h6-7,13,17H,1-5H3. The molecular weight excluding hydrogens is 312 g/mol. The summed E-state index contributed by atoms with van der Waals surface area (Å²) in [5.41, 5.74) is -0.202. The van der Waals surface area contributed by atoms with Crippen LogP contribution in [0, 0.1) is 5.41 Å². The van der Waals surface area contributed by atoms with E-state index in [1.54, 1.807) is 32.9 Å². The minimum atomic E-state index is -1.10. The molecule has 0 fully saturated rings. The summed E-state index contributed by atoms with van der Waals surface area (Å²) >= 11 is 3.34. The molecule has 4 nitrogen and oxygen atoms in total. The van der Waals surface area contributed by atoms with Crippen molar-refractivity contribution in [1.82, 2.24) is 0 Å². The summed E-state index contributed by atoms with van der Waals surface area (Å²) in [6, 6.07) is 3.26. The van der Waals surface area contributed by atoms with E-state index in [9.17, 15) is 9.90 Å². The van der Waals surface area contributed by atoms with Gasteiger partial charge < -0.3 is 14.6 Å². The molecule has 0 saturated heterocycles. The molecule has 1 atom stereocenters. The molecule has 0 aliphatic rings. The van der Waals surface area contributed by atoms with Crippen LogP contribution in [0.4, 0.5) is 0 Å². The smallest absolute Gasteiger partial charge is 0.195 e. The highest BCUT2D eigenvalue weighted by molar-refractivity contribution is 9.10. The molecule has 0 aliphatic heterocycles. The van der Waals surface area contributed by atoms with E-state index in [1.165, 1.54) is 14.2 Å². The Hall–Kier alpha value is -1.07. The number of benzene rings is 1. The molecule has 1 unspecified atom stereocenters. The van der Waals surface area contributed by atoms with Crippen molar-refractivity contribution in [3.05, 3.63) is 22.2 Å². The fourth-order valence-corrected chi connectivity index (χ4v) is 2.30. The number of aliphatic hydroxyl groups is 1. The molecule has 1 rings (SSSR count). The van der Waals surface area contributed by atoms with Crippen LogP contribution in [0.2, 0.25) is 0 Å². The monoisotopic (exact) mass is 330 g/mol. The number of methoxy groups -OCH3 is 2. The van der Waals surface area contributed by atoms with E-state index in [4.69, 9.17) is 9.47 Å². The summed E-state index contributed by atoms with van der Waals surface area (Å²) in [4.78, 5) is 12.3. The maximum atomic E-state index is 12.3. The van der Waals surface area contributed by atoms with Gasteiger partial charge in [-0.3, -0.25) is 4.79 Å². The Morgan fingerprint density at radius 2 is 1.84 bits per heavy atom. The van der Waals surface area contributed by atoms with Gasteiger partial charge in [0.05, 0.1) is 19.8 Å². The van der Waals surface area contributed by atoms with Gasteiger partial charge in [0.25, 0.3) is 0 Å². The van der Waals surface area contributed by atoms with Crippen LogP contribution in [-0.2, 0) is 0 Å². The SMILES string of the molecule is COc1ccc(C(=O)C(O)C(C)(C)C)c(OC)c1Br. The summed E-state index contributed by atoms with van der Waals surface area (Å²) in [5.74, 6) is 0.569. The Morgan fingerprint density at radius 1 is 1.26 bits per heavy atom. The van der Waals surface area contributed by atoms with Crippen molar-refractivity contribution in [2.45, 2.75) is 26.9 Å². The molecule has 0 heterocycles. The summed E-state index contributed by atoms with van der Waals surface area (Å²) in [7, 11) is 3.00. The molecule has 1 aromatic carbocycles. The molecule has 0 radical (unpaired) electrons. The first kappa shape index (κ1) is 16.0. The van der Waals surface area contributed by atoms with E-state index in [0.29, 0.717) is 21.5 Å². The first-order valence-corrected chi connectivity index (χ1v) is 6.66. The zero-order valence-corrected chi connectivity index (χ0v) is 13.4. The molecule has 1 aromatic rings. The maximum absolute atomic E-state index is 12.3. The van der Waals surface area contributed by atoms with Gasteiger partial charge in [0.1, 0.15) is 22.1 Å². The lowest BCUT2D eigenvalue weighted by atomic mass is 9.84. The molecule has 0 amide bonds. The predicted molar refractivity (Wildman–Crippen MR) is 77.0 cm³/mol. The van der Waals surface area contributed by atoms with Gasteiger partial charge in [-0.1, -0.05) is 20.8 Å². The zero-order valence-electron chi connectivity index (χ0n) is 11.8. The van der Waals surface area contributed by atoms with Gasteiger partial charge in [0.15, 0.2) is 5.78 Å². The molecule has 19 heavy (non-hydrogen) atoms. The quantitative estimate of drug-likeness (QED) is 0.862. The number of Topliss-reactive ketones (excluding diaryl/α,β-unsaturated/α-hetero) is 1. The van der Waals surface area contributed by atoms with Crippen LogP contribution in [-0.4, -0.2) is 31.2 Å². The van der Waals surface area contributed by atoms with Crippen LogP contribution in [0.15, 0.2) is 16.6 Å². The molecule has 0 bridgehead atoms. The Kier molecular flexibility index (Phi) is 4.98. The summed E-state index contributed by atoms with van der Waals surface area (Å²) in [6.07, 6.45) is -1.10. The van der Waals surface area contributed by atoms with Gasteiger partial charge in [-0.15, -0.1) is 0 Å². The van der Waals surface area contributed by atoms with Crippen molar-refractivity contribution >= 4 is 21.7 Å². The number of carbonyl (C=O) groups excluding carboxylic acids is 1. The summed E-state index contributed by atoms with van der Waals surface area (Å²) < 4.78 is 11.0. The van der Waals surface area contributed by atoms with Crippen LogP contribution in [0.3, 0.4) is 0 Å². The van der Waals surface area contributed by atoms with Crippen molar-refractivity contribution < 1.29 is 19.4 Å². The number of hydrogen-bond acceptors (Lipinski definition) is 4. The van der Waals surface area contributed by atoms with E-state index in [2.05, 4.69) is 15.9 Å². The van der Waals surface area contributed by atoms with Crippen LogP contribution in [0.5, 0.6) is 11.5 Å². The van der Waals surface area contributed by atoms with Gasteiger partial charge in [-0.25, -0.2) is 0 Å². The van der Waals surface area contributed by atoms with Crippen LogP contribution < -0.4 is 9.47 Å². The number of rotatable bonds is 4. The van der Waals surface area contributed by atoms with E-state index >= 15 is 0 Å². The van der Waals surface area contributed by atoms with Crippen molar-refractivity contribution in [2.24, 2.45) is 5.41 Å². The molecule has 106 valence electrons. The third-order valence-corrected chi connectivity index (χ3v) is 3.57. The first-order chi connectivity index (χ1) is 8.73. The van der Waals surface area contributed by atoms with Crippen LogP contribution >= 0.6 is 15.9 Å². The van der Waals surface area contributed by atoms with Gasteiger partial charge in [-0.05, 0) is 33.5 Å². The molecule has 5 heteroatoms. The topological polar surface area (TPSA) is 55.8 Å². The Balaban J connectivity index is 3.28. The van der Waals surface area contributed by atoms with Crippen LogP contribution in [0.1, 0.15) is 31.1 Å². The number of ether oxygens (including phenoxy) is 2. The lowest BCUT2D eigenvalue weighted by Crippen LogP contribution is -2.34. The predicted octanol–water partition coefficient (Wildman–Crippen LogP) is 3.06. The number of aliphatic hydroxyl groups excluding tert-OH is 1. The molecule has 1 N–H and O–H groups in total. The lowest BCUT2D eigenvalue weighted by Gasteiger charge is -2.25. The second-order valence-electron chi connectivity index (χ2n) is 5.30. The first-order valence-electron chi connectivity index (χ1n) is 5.86. The minimum absolute atomic E-state index is 0.331. The van der Waals surface area contributed by atoms with E-state index in [1.807, 2.05) is 0 Å². The van der Waals surface area contributed by atoms with Crippen molar-refractivity contribution in [2.75, 3.05) is 14.2 Å². The normalized spacial score (nSPS) is 13.0. The van der Waals surface area contributed by atoms with Crippen molar-refractivity contribution in [1.29, 1.82) is 0 Å². The average molecular weight is 331 g/mol. The average Bonchev–Trinajstić information content (AvgIpc) is 2.35. The second-order valence-corrected chi connectivity index (χ2v) is 6.09. The Bertz CT molecular complexity index is 477. The van der Waals surface area contributed by atoms with Gasteiger partial charge >= 0.3 is 0 Å². The Labute approximate surface area is 121 Å². The highest BCUT2D eigenvalue weighted by Gasteiger charge is 2.32. The second kappa shape index (κ2) is 5.92. The van der Waals surface area contributed by atoms with Crippen LogP contribution in [0.25, 0.3) is 0 Å². The Morgan fingerprint density at radius 3 is 2.26 bits per heavy atom.